The zero-order chi connectivity index (χ0) is 22.5. The monoisotopic (exact) mass is 425 g/mol. The Hall–Kier alpha value is -3.86. The van der Waals surface area contributed by atoms with Crippen LogP contribution in [0.25, 0.3) is 0 Å². The summed E-state index contributed by atoms with van der Waals surface area (Å²) in [5, 5.41) is 7.45. The summed E-state index contributed by atoms with van der Waals surface area (Å²) in [4.78, 5) is 12.7. The van der Waals surface area contributed by atoms with E-state index < -0.39 is 0 Å². The van der Waals surface area contributed by atoms with Crippen molar-refractivity contribution in [1.82, 2.24) is 9.78 Å². The first kappa shape index (κ1) is 21.4. The molecule has 0 radical (unpaired) electrons. The molecule has 1 amide bonds. The number of benzene rings is 3. The van der Waals surface area contributed by atoms with Gasteiger partial charge in [-0.3, -0.25) is 9.48 Å². The fourth-order valence-corrected chi connectivity index (χ4v) is 3.65. The third-order valence-electron chi connectivity index (χ3n) is 5.60. The Labute approximate surface area is 188 Å². The Morgan fingerprint density at radius 1 is 0.938 bits per heavy atom. The minimum atomic E-state index is -0.165. The number of nitrogens with one attached hydrogen (secondary N) is 1. The van der Waals surface area contributed by atoms with Gasteiger partial charge in [0, 0.05) is 36.0 Å². The number of aromatic nitrogens is 2. The Morgan fingerprint density at radius 2 is 1.69 bits per heavy atom. The van der Waals surface area contributed by atoms with E-state index in [1.54, 1.807) is 12.1 Å². The minimum Gasteiger partial charge on any atom is -0.489 e. The second kappa shape index (κ2) is 9.52. The molecule has 5 nitrogen and oxygen atoms in total. The molecule has 4 rings (SSSR count). The predicted molar refractivity (Wildman–Crippen MR) is 127 cm³/mol. The summed E-state index contributed by atoms with van der Waals surface area (Å²) in [5.74, 6) is 0.501. The molecule has 0 bridgehead atoms. The number of rotatable bonds is 7. The SMILES string of the molecule is Cc1nn(C)c(C)c1Cc1ccc(NC(=O)c2cccc(OCc3ccccc3)c2)cc1. The normalized spacial score (nSPS) is 10.7. The Balaban J connectivity index is 1.38. The van der Waals surface area contributed by atoms with Crippen LogP contribution in [0.3, 0.4) is 0 Å². The van der Waals surface area contributed by atoms with E-state index in [-0.39, 0.29) is 5.91 Å². The van der Waals surface area contributed by atoms with Crippen molar-refractivity contribution in [3.8, 4) is 5.75 Å². The van der Waals surface area contributed by atoms with E-state index >= 15 is 0 Å². The highest BCUT2D eigenvalue weighted by Crippen LogP contribution is 2.20. The molecule has 5 heteroatoms. The molecule has 0 unspecified atom stereocenters. The molecule has 0 saturated heterocycles. The highest BCUT2D eigenvalue weighted by Gasteiger charge is 2.11. The quantitative estimate of drug-likeness (QED) is 0.428. The highest BCUT2D eigenvalue weighted by molar-refractivity contribution is 6.04. The van der Waals surface area contributed by atoms with Gasteiger partial charge in [-0.05, 0) is 55.3 Å². The molecule has 0 fully saturated rings. The molecule has 0 atom stereocenters. The van der Waals surface area contributed by atoms with Crippen molar-refractivity contribution in [2.45, 2.75) is 26.9 Å². The highest BCUT2D eigenvalue weighted by atomic mass is 16.5. The van der Waals surface area contributed by atoms with Crippen molar-refractivity contribution in [1.29, 1.82) is 0 Å². The molecule has 32 heavy (non-hydrogen) atoms. The van der Waals surface area contributed by atoms with Crippen LogP contribution in [0.1, 0.15) is 38.4 Å². The van der Waals surface area contributed by atoms with Crippen LogP contribution in [-0.4, -0.2) is 15.7 Å². The maximum absolute atomic E-state index is 12.7. The number of anilines is 1. The molecule has 0 spiro atoms. The van der Waals surface area contributed by atoms with Gasteiger partial charge in [-0.15, -0.1) is 0 Å². The van der Waals surface area contributed by atoms with E-state index in [2.05, 4.69) is 17.3 Å². The molecule has 0 aliphatic rings. The zero-order valence-corrected chi connectivity index (χ0v) is 18.6. The van der Waals surface area contributed by atoms with E-state index in [0.29, 0.717) is 17.9 Å². The molecule has 162 valence electrons. The van der Waals surface area contributed by atoms with Gasteiger partial charge in [-0.1, -0.05) is 48.5 Å². The van der Waals surface area contributed by atoms with Crippen LogP contribution in [-0.2, 0) is 20.1 Å². The van der Waals surface area contributed by atoms with Gasteiger partial charge in [0.2, 0.25) is 0 Å². The van der Waals surface area contributed by atoms with E-state index in [9.17, 15) is 4.79 Å². The van der Waals surface area contributed by atoms with E-state index in [0.717, 1.165) is 23.4 Å². The summed E-state index contributed by atoms with van der Waals surface area (Å²) in [7, 11) is 1.96. The number of hydrogen-bond acceptors (Lipinski definition) is 3. The number of carbonyl (C=O) groups is 1. The van der Waals surface area contributed by atoms with Gasteiger partial charge in [0.15, 0.2) is 0 Å². The predicted octanol–water partition coefficient (Wildman–Crippen LogP) is 5.46. The van der Waals surface area contributed by atoms with Gasteiger partial charge in [-0.2, -0.15) is 5.10 Å². The van der Waals surface area contributed by atoms with Gasteiger partial charge in [-0.25, -0.2) is 0 Å². The maximum Gasteiger partial charge on any atom is 0.255 e. The Morgan fingerprint density at radius 3 is 2.38 bits per heavy atom. The molecule has 1 aromatic heterocycles. The number of nitrogens with zero attached hydrogens (tertiary/aromatic N) is 2. The largest absolute Gasteiger partial charge is 0.489 e. The lowest BCUT2D eigenvalue weighted by molar-refractivity contribution is 0.102. The van der Waals surface area contributed by atoms with Crippen LogP contribution >= 0.6 is 0 Å². The standard InChI is InChI=1S/C27H27N3O2/c1-19-26(20(2)30(3)29-19)16-21-12-14-24(15-13-21)28-27(31)23-10-7-11-25(17-23)32-18-22-8-5-4-6-9-22/h4-15,17H,16,18H2,1-3H3,(H,28,31). The van der Waals surface area contributed by atoms with Crippen LogP contribution in [0.5, 0.6) is 5.75 Å². The smallest absolute Gasteiger partial charge is 0.255 e. The molecular formula is C27H27N3O2. The van der Waals surface area contributed by atoms with Crippen molar-refractivity contribution in [2.75, 3.05) is 5.32 Å². The summed E-state index contributed by atoms with van der Waals surface area (Å²) in [6.07, 6.45) is 0.820. The van der Waals surface area contributed by atoms with Gasteiger partial charge in [0.25, 0.3) is 5.91 Å². The number of amides is 1. The first-order valence-corrected chi connectivity index (χ1v) is 10.7. The summed E-state index contributed by atoms with van der Waals surface area (Å²) >= 11 is 0. The maximum atomic E-state index is 12.7. The van der Waals surface area contributed by atoms with Gasteiger partial charge in [0.1, 0.15) is 12.4 Å². The summed E-state index contributed by atoms with van der Waals surface area (Å²) in [5.41, 5.74) is 7.05. The minimum absolute atomic E-state index is 0.165. The average molecular weight is 426 g/mol. The van der Waals surface area contributed by atoms with Crippen LogP contribution < -0.4 is 10.1 Å². The van der Waals surface area contributed by atoms with Crippen molar-refractivity contribution in [3.63, 3.8) is 0 Å². The first-order chi connectivity index (χ1) is 15.5. The lowest BCUT2D eigenvalue weighted by Gasteiger charge is -2.10. The molecule has 0 saturated carbocycles. The zero-order valence-electron chi connectivity index (χ0n) is 18.6. The topological polar surface area (TPSA) is 56.2 Å². The van der Waals surface area contributed by atoms with Crippen molar-refractivity contribution < 1.29 is 9.53 Å². The van der Waals surface area contributed by atoms with E-state index in [1.165, 1.54) is 16.8 Å². The van der Waals surface area contributed by atoms with Crippen LogP contribution in [0.2, 0.25) is 0 Å². The number of hydrogen-bond donors (Lipinski definition) is 1. The fourth-order valence-electron chi connectivity index (χ4n) is 3.65. The van der Waals surface area contributed by atoms with Crippen LogP contribution in [0.15, 0.2) is 78.9 Å². The van der Waals surface area contributed by atoms with Gasteiger partial charge >= 0.3 is 0 Å². The third kappa shape index (κ3) is 5.06. The fraction of sp³-hybridized carbons (Fsp3) is 0.185. The number of carbonyl (C=O) groups excluding carboxylic acids is 1. The second-order valence-corrected chi connectivity index (χ2v) is 7.90. The summed E-state index contributed by atoms with van der Waals surface area (Å²) in [6, 6.07) is 25.1. The molecular weight excluding hydrogens is 398 g/mol. The van der Waals surface area contributed by atoms with Crippen molar-refractivity contribution in [3.05, 3.63) is 113 Å². The molecule has 0 aliphatic heterocycles. The first-order valence-electron chi connectivity index (χ1n) is 10.7. The van der Waals surface area contributed by atoms with Crippen LogP contribution in [0.4, 0.5) is 5.69 Å². The second-order valence-electron chi connectivity index (χ2n) is 7.90. The lowest BCUT2D eigenvalue weighted by Crippen LogP contribution is -2.12. The molecule has 0 aliphatic carbocycles. The average Bonchev–Trinajstić information content (AvgIpc) is 3.05. The molecule has 4 aromatic rings. The Kier molecular flexibility index (Phi) is 6.36. The van der Waals surface area contributed by atoms with E-state index in [4.69, 9.17) is 4.74 Å². The summed E-state index contributed by atoms with van der Waals surface area (Å²) in [6.45, 7) is 4.58. The third-order valence-corrected chi connectivity index (χ3v) is 5.60. The lowest BCUT2D eigenvalue weighted by atomic mass is 10.0. The molecule has 1 N–H and O–H groups in total. The van der Waals surface area contributed by atoms with Crippen molar-refractivity contribution >= 4 is 11.6 Å². The van der Waals surface area contributed by atoms with E-state index in [1.807, 2.05) is 85.4 Å². The number of aryl methyl sites for hydroxylation is 2. The molecule has 1 heterocycles. The Bertz CT molecular complexity index is 1210. The van der Waals surface area contributed by atoms with Gasteiger partial charge in [0.05, 0.1) is 5.69 Å². The number of ether oxygens (including phenoxy) is 1. The van der Waals surface area contributed by atoms with Crippen LogP contribution in [0, 0.1) is 13.8 Å². The van der Waals surface area contributed by atoms with Gasteiger partial charge < -0.3 is 10.1 Å². The molecule has 3 aromatic carbocycles. The summed E-state index contributed by atoms with van der Waals surface area (Å²) < 4.78 is 7.75. The van der Waals surface area contributed by atoms with Crippen molar-refractivity contribution in [2.24, 2.45) is 7.05 Å².